The standard InChI is InChI=1S/C26H18Cl3N3O6/c1-37-21-12-14(11-20(29)23(21)38-13-22(33)30-17-6-2-15(27)3-7-17)10-19-24(34)31-26(36)32(25(19)35)18-8-4-16(28)5-9-18/h2-12H,13H2,1H3,(H,30,33)(H,31,34,36)/b19-10+. The Kier molecular flexibility index (Phi) is 8.21. The summed E-state index contributed by atoms with van der Waals surface area (Å²) < 4.78 is 10.9. The minimum atomic E-state index is -0.893. The van der Waals surface area contributed by atoms with Gasteiger partial charge in [-0.2, -0.15) is 0 Å². The number of amides is 5. The molecule has 194 valence electrons. The number of nitrogens with zero attached hydrogens (tertiary/aromatic N) is 1. The van der Waals surface area contributed by atoms with Crippen LogP contribution in [0.1, 0.15) is 5.56 Å². The highest BCUT2D eigenvalue weighted by molar-refractivity contribution is 6.39. The van der Waals surface area contributed by atoms with Crippen LogP contribution in [0, 0.1) is 0 Å². The van der Waals surface area contributed by atoms with Gasteiger partial charge in [-0.25, -0.2) is 9.69 Å². The number of carbonyl (C=O) groups is 4. The van der Waals surface area contributed by atoms with Gasteiger partial charge < -0.3 is 14.8 Å². The first-order chi connectivity index (χ1) is 18.2. The molecule has 0 bridgehead atoms. The first-order valence-electron chi connectivity index (χ1n) is 10.9. The minimum Gasteiger partial charge on any atom is -0.493 e. The molecule has 0 atom stereocenters. The molecular formula is C26H18Cl3N3O6. The van der Waals surface area contributed by atoms with Gasteiger partial charge in [0, 0.05) is 15.7 Å². The van der Waals surface area contributed by atoms with Gasteiger partial charge in [-0.05, 0) is 72.3 Å². The van der Waals surface area contributed by atoms with Crippen molar-refractivity contribution < 1.29 is 28.7 Å². The number of hydrogen-bond donors (Lipinski definition) is 2. The van der Waals surface area contributed by atoms with Crippen LogP contribution in [-0.2, 0) is 14.4 Å². The Morgan fingerprint density at radius 3 is 2.24 bits per heavy atom. The van der Waals surface area contributed by atoms with Crippen LogP contribution >= 0.6 is 34.8 Å². The molecule has 9 nitrogen and oxygen atoms in total. The summed E-state index contributed by atoms with van der Waals surface area (Å²) in [5.74, 6) is -1.93. The van der Waals surface area contributed by atoms with Crippen LogP contribution in [0.15, 0.2) is 66.2 Å². The fourth-order valence-electron chi connectivity index (χ4n) is 3.48. The first-order valence-corrected chi connectivity index (χ1v) is 12.0. The molecule has 0 unspecified atom stereocenters. The number of carbonyl (C=O) groups excluding carboxylic acids is 4. The molecule has 5 amide bonds. The summed E-state index contributed by atoms with van der Waals surface area (Å²) in [6.07, 6.45) is 1.26. The molecule has 3 aromatic carbocycles. The molecule has 0 spiro atoms. The normalized spacial score (nSPS) is 14.4. The zero-order chi connectivity index (χ0) is 27.4. The van der Waals surface area contributed by atoms with E-state index in [1.165, 1.54) is 49.6 Å². The third-order valence-electron chi connectivity index (χ3n) is 5.22. The number of hydrogen-bond acceptors (Lipinski definition) is 6. The number of urea groups is 1. The van der Waals surface area contributed by atoms with Crippen molar-refractivity contribution in [2.75, 3.05) is 23.9 Å². The second-order valence-corrected chi connectivity index (χ2v) is 9.09. The van der Waals surface area contributed by atoms with Crippen molar-refractivity contribution >= 4 is 76.0 Å². The van der Waals surface area contributed by atoms with Crippen molar-refractivity contribution in [1.82, 2.24) is 5.32 Å². The summed E-state index contributed by atoms with van der Waals surface area (Å²) in [6, 6.07) is 14.5. The zero-order valence-corrected chi connectivity index (χ0v) is 21.9. The highest BCUT2D eigenvalue weighted by Crippen LogP contribution is 2.37. The lowest BCUT2D eigenvalue weighted by molar-refractivity contribution is -0.122. The molecular weight excluding hydrogens is 557 g/mol. The highest BCUT2D eigenvalue weighted by Gasteiger charge is 2.36. The molecule has 1 heterocycles. The number of anilines is 2. The van der Waals surface area contributed by atoms with Crippen molar-refractivity contribution in [3.05, 3.63) is 86.9 Å². The average molecular weight is 575 g/mol. The quantitative estimate of drug-likeness (QED) is 0.291. The number of ether oxygens (including phenoxy) is 2. The SMILES string of the molecule is COc1cc(/C=C2\C(=O)NC(=O)N(c3ccc(Cl)cc3)C2=O)cc(Cl)c1OCC(=O)Nc1ccc(Cl)cc1. The molecule has 0 aliphatic carbocycles. The number of benzene rings is 3. The predicted molar refractivity (Wildman–Crippen MR) is 144 cm³/mol. The van der Waals surface area contributed by atoms with Gasteiger partial charge in [-0.1, -0.05) is 34.8 Å². The molecule has 1 aliphatic rings. The van der Waals surface area contributed by atoms with Crippen molar-refractivity contribution in [2.24, 2.45) is 0 Å². The molecule has 4 rings (SSSR count). The van der Waals surface area contributed by atoms with Gasteiger partial charge in [-0.3, -0.25) is 19.7 Å². The van der Waals surface area contributed by atoms with Gasteiger partial charge in [0.15, 0.2) is 18.1 Å². The van der Waals surface area contributed by atoms with E-state index in [1.54, 1.807) is 24.3 Å². The van der Waals surface area contributed by atoms with Crippen molar-refractivity contribution in [3.63, 3.8) is 0 Å². The fourth-order valence-corrected chi connectivity index (χ4v) is 4.01. The summed E-state index contributed by atoms with van der Waals surface area (Å²) in [5, 5.41) is 5.80. The lowest BCUT2D eigenvalue weighted by Gasteiger charge is -2.26. The number of imide groups is 2. The van der Waals surface area contributed by atoms with Gasteiger partial charge in [0.1, 0.15) is 5.57 Å². The molecule has 0 radical (unpaired) electrons. The van der Waals surface area contributed by atoms with E-state index in [2.05, 4.69) is 10.6 Å². The van der Waals surface area contributed by atoms with Crippen LogP contribution < -0.4 is 25.0 Å². The van der Waals surface area contributed by atoms with Crippen LogP contribution in [0.3, 0.4) is 0 Å². The Balaban J connectivity index is 1.55. The first kappa shape index (κ1) is 27.0. The van der Waals surface area contributed by atoms with E-state index in [9.17, 15) is 19.2 Å². The molecule has 0 aromatic heterocycles. The van der Waals surface area contributed by atoms with E-state index in [0.717, 1.165) is 4.90 Å². The lowest BCUT2D eigenvalue weighted by atomic mass is 10.1. The Labute approximate surface area is 231 Å². The van der Waals surface area contributed by atoms with E-state index in [4.69, 9.17) is 44.3 Å². The maximum atomic E-state index is 13.1. The Bertz CT molecular complexity index is 1460. The maximum Gasteiger partial charge on any atom is 0.335 e. The van der Waals surface area contributed by atoms with E-state index < -0.39 is 23.8 Å². The van der Waals surface area contributed by atoms with Crippen LogP contribution in [0.5, 0.6) is 11.5 Å². The van der Waals surface area contributed by atoms with Gasteiger partial charge in [0.25, 0.3) is 17.7 Å². The fraction of sp³-hybridized carbons (Fsp3) is 0.0769. The van der Waals surface area contributed by atoms with Gasteiger partial charge in [-0.15, -0.1) is 0 Å². The number of halogens is 3. The molecule has 2 N–H and O–H groups in total. The predicted octanol–water partition coefficient (Wildman–Crippen LogP) is 5.34. The third kappa shape index (κ3) is 6.08. The smallest absolute Gasteiger partial charge is 0.335 e. The summed E-state index contributed by atoms with van der Waals surface area (Å²) >= 11 is 18.1. The largest absolute Gasteiger partial charge is 0.493 e. The lowest BCUT2D eigenvalue weighted by Crippen LogP contribution is -2.54. The number of methoxy groups -OCH3 is 1. The molecule has 3 aromatic rings. The average Bonchev–Trinajstić information content (AvgIpc) is 2.88. The highest BCUT2D eigenvalue weighted by atomic mass is 35.5. The number of nitrogens with one attached hydrogen (secondary N) is 2. The van der Waals surface area contributed by atoms with Gasteiger partial charge in [0.2, 0.25) is 0 Å². The summed E-state index contributed by atoms with van der Waals surface area (Å²) in [4.78, 5) is 51.1. The van der Waals surface area contributed by atoms with E-state index in [0.29, 0.717) is 21.3 Å². The van der Waals surface area contributed by atoms with Gasteiger partial charge >= 0.3 is 6.03 Å². The number of barbiturate groups is 1. The Hall–Kier alpha value is -4.05. The van der Waals surface area contributed by atoms with E-state index >= 15 is 0 Å². The molecule has 38 heavy (non-hydrogen) atoms. The summed E-state index contributed by atoms with van der Waals surface area (Å²) in [5.41, 5.74) is 0.763. The maximum absolute atomic E-state index is 13.1. The number of rotatable bonds is 7. The van der Waals surface area contributed by atoms with Gasteiger partial charge in [0.05, 0.1) is 17.8 Å². The molecule has 12 heteroatoms. The van der Waals surface area contributed by atoms with Crippen molar-refractivity contribution in [1.29, 1.82) is 0 Å². The molecule has 0 saturated carbocycles. The molecule has 1 aliphatic heterocycles. The third-order valence-corrected chi connectivity index (χ3v) is 6.01. The summed E-state index contributed by atoms with van der Waals surface area (Å²) in [6.45, 7) is -0.377. The van der Waals surface area contributed by atoms with Crippen LogP contribution in [0.25, 0.3) is 6.08 Å². The van der Waals surface area contributed by atoms with Crippen LogP contribution in [0.2, 0.25) is 15.1 Å². The minimum absolute atomic E-state index is 0.0600. The van der Waals surface area contributed by atoms with E-state index in [-0.39, 0.29) is 34.4 Å². The Morgan fingerprint density at radius 1 is 0.974 bits per heavy atom. The second-order valence-electron chi connectivity index (χ2n) is 7.81. The van der Waals surface area contributed by atoms with Crippen molar-refractivity contribution in [2.45, 2.75) is 0 Å². The summed E-state index contributed by atoms with van der Waals surface area (Å²) in [7, 11) is 1.36. The van der Waals surface area contributed by atoms with Crippen molar-refractivity contribution in [3.8, 4) is 11.5 Å². The topological polar surface area (TPSA) is 114 Å². The monoisotopic (exact) mass is 573 g/mol. The molecule has 1 fully saturated rings. The van der Waals surface area contributed by atoms with E-state index in [1.807, 2.05) is 0 Å². The molecule has 1 saturated heterocycles. The second kappa shape index (κ2) is 11.6. The van der Waals surface area contributed by atoms with Crippen LogP contribution in [-0.4, -0.2) is 37.5 Å². The van der Waals surface area contributed by atoms with Crippen LogP contribution in [0.4, 0.5) is 16.2 Å². The Morgan fingerprint density at radius 2 is 1.61 bits per heavy atom. The zero-order valence-electron chi connectivity index (χ0n) is 19.6.